The summed E-state index contributed by atoms with van der Waals surface area (Å²) in [5, 5.41) is 14.0. The summed E-state index contributed by atoms with van der Waals surface area (Å²) in [6.07, 6.45) is 7.00. The molecule has 1 aromatic rings. The Balaban J connectivity index is 1.57. The Morgan fingerprint density at radius 1 is 1.15 bits per heavy atom. The topological polar surface area (TPSA) is 42.7 Å². The van der Waals surface area contributed by atoms with Gasteiger partial charge in [0.15, 0.2) is 0 Å². The minimum absolute atomic E-state index is 0.497. The van der Waals surface area contributed by atoms with Crippen LogP contribution < -0.4 is 5.01 Å². The monoisotopic (exact) mass is 352 g/mol. The van der Waals surface area contributed by atoms with Crippen LogP contribution in [0.15, 0.2) is 30.0 Å². The van der Waals surface area contributed by atoms with Crippen LogP contribution in [0.25, 0.3) is 0 Å². The largest absolute Gasteiger partial charge is 0.381 e. The van der Waals surface area contributed by atoms with Gasteiger partial charge in [-0.05, 0) is 74.0 Å². The van der Waals surface area contributed by atoms with E-state index >= 15 is 0 Å². The molecule has 138 valence electrons. The number of rotatable bonds is 4. The first-order chi connectivity index (χ1) is 12.7. The maximum Gasteiger partial charge on any atom is 0.0992 e. The van der Waals surface area contributed by atoms with Gasteiger partial charge in [-0.1, -0.05) is 0 Å². The third kappa shape index (κ3) is 3.78. The number of benzene rings is 1. The van der Waals surface area contributed by atoms with Gasteiger partial charge in [0, 0.05) is 39.6 Å². The SMILES string of the molecule is CN1CC(CN2CCCC2)=CN1c1cc(C#N)cc(C2CCOCC2)c1. The number of ether oxygens (including phenoxy) is 1. The first-order valence-electron chi connectivity index (χ1n) is 9.78. The lowest BCUT2D eigenvalue weighted by atomic mass is 9.90. The summed E-state index contributed by atoms with van der Waals surface area (Å²) >= 11 is 0. The Morgan fingerprint density at radius 2 is 1.92 bits per heavy atom. The van der Waals surface area contributed by atoms with Crippen molar-refractivity contribution in [3.8, 4) is 6.07 Å². The number of nitriles is 1. The zero-order chi connectivity index (χ0) is 17.9. The van der Waals surface area contributed by atoms with Crippen LogP contribution in [0.3, 0.4) is 0 Å². The first-order valence-corrected chi connectivity index (χ1v) is 9.78. The minimum atomic E-state index is 0.497. The number of likely N-dealkylation sites (tertiary alicyclic amines) is 1. The summed E-state index contributed by atoms with van der Waals surface area (Å²) in [6.45, 7) is 6.10. The van der Waals surface area contributed by atoms with Gasteiger partial charge in [0.2, 0.25) is 0 Å². The summed E-state index contributed by atoms with van der Waals surface area (Å²) in [7, 11) is 2.13. The predicted octanol–water partition coefficient (Wildman–Crippen LogP) is 3.10. The molecule has 0 N–H and O–H groups in total. The molecule has 3 heterocycles. The van der Waals surface area contributed by atoms with Gasteiger partial charge >= 0.3 is 0 Å². The average molecular weight is 352 g/mol. The molecule has 0 saturated carbocycles. The van der Waals surface area contributed by atoms with Crippen molar-refractivity contribution in [1.82, 2.24) is 9.91 Å². The van der Waals surface area contributed by atoms with Crippen molar-refractivity contribution < 1.29 is 4.74 Å². The number of anilines is 1. The highest BCUT2D eigenvalue weighted by Gasteiger charge is 2.24. The first kappa shape index (κ1) is 17.5. The van der Waals surface area contributed by atoms with E-state index < -0.39 is 0 Å². The van der Waals surface area contributed by atoms with Gasteiger partial charge in [0.25, 0.3) is 0 Å². The van der Waals surface area contributed by atoms with E-state index in [9.17, 15) is 5.26 Å². The van der Waals surface area contributed by atoms with Crippen LogP contribution in [0.1, 0.15) is 42.7 Å². The average Bonchev–Trinajstić information content (AvgIpc) is 3.32. The van der Waals surface area contributed by atoms with Crippen LogP contribution in [-0.4, -0.2) is 56.3 Å². The van der Waals surface area contributed by atoms with Crippen molar-refractivity contribution in [1.29, 1.82) is 5.26 Å². The lowest BCUT2D eigenvalue weighted by Gasteiger charge is -2.28. The second kappa shape index (κ2) is 7.79. The molecule has 3 aliphatic heterocycles. The molecule has 3 aliphatic rings. The maximum absolute atomic E-state index is 9.51. The van der Waals surface area contributed by atoms with Crippen molar-refractivity contribution in [2.45, 2.75) is 31.6 Å². The number of hydrogen-bond donors (Lipinski definition) is 0. The van der Waals surface area contributed by atoms with Gasteiger partial charge < -0.3 is 4.74 Å². The van der Waals surface area contributed by atoms with Gasteiger partial charge in [0.1, 0.15) is 0 Å². The normalized spacial score (nSPS) is 22.6. The Kier molecular flexibility index (Phi) is 5.26. The molecule has 0 amide bonds. The number of nitrogens with zero attached hydrogens (tertiary/aromatic N) is 4. The highest BCUT2D eigenvalue weighted by Crippen LogP contribution is 2.32. The van der Waals surface area contributed by atoms with Crippen LogP contribution in [0, 0.1) is 11.3 Å². The van der Waals surface area contributed by atoms with Crippen LogP contribution in [0.4, 0.5) is 5.69 Å². The van der Waals surface area contributed by atoms with Crippen molar-refractivity contribution in [3.63, 3.8) is 0 Å². The summed E-state index contributed by atoms with van der Waals surface area (Å²) in [5.74, 6) is 0.497. The molecule has 1 aromatic carbocycles. The molecule has 5 heteroatoms. The van der Waals surface area contributed by atoms with Gasteiger partial charge in [-0.3, -0.25) is 9.91 Å². The van der Waals surface area contributed by atoms with Crippen LogP contribution >= 0.6 is 0 Å². The van der Waals surface area contributed by atoms with Crippen molar-refractivity contribution in [2.75, 3.05) is 51.4 Å². The van der Waals surface area contributed by atoms with E-state index in [4.69, 9.17) is 4.74 Å². The standard InChI is InChI=1S/C21H28N4O/c1-23-14-18(15-24-6-2-3-7-24)16-25(23)21-11-17(13-22)10-20(12-21)19-4-8-26-9-5-19/h10-12,16,19H,2-9,14-15H2,1H3. The van der Waals surface area contributed by atoms with Crippen molar-refractivity contribution >= 4 is 5.69 Å². The highest BCUT2D eigenvalue weighted by molar-refractivity contribution is 5.57. The zero-order valence-electron chi connectivity index (χ0n) is 15.7. The molecule has 2 fully saturated rings. The number of hydrogen-bond acceptors (Lipinski definition) is 5. The van der Waals surface area contributed by atoms with Crippen molar-refractivity contribution in [3.05, 3.63) is 41.1 Å². The van der Waals surface area contributed by atoms with Gasteiger partial charge in [-0.2, -0.15) is 5.26 Å². The van der Waals surface area contributed by atoms with Gasteiger partial charge in [-0.15, -0.1) is 0 Å². The summed E-state index contributed by atoms with van der Waals surface area (Å²) < 4.78 is 5.50. The second-order valence-corrected chi connectivity index (χ2v) is 7.74. The van der Waals surface area contributed by atoms with E-state index in [1.807, 2.05) is 6.07 Å². The Labute approximate surface area is 156 Å². The maximum atomic E-state index is 9.51. The lowest BCUT2D eigenvalue weighted by molar-refractivity contribution is 0.0853. The number of hydrazine groups is 1. The Morgan fingerprint density at radius 3 is 2.65 bits per heavy atom. The third-order valence-electron chi connectivity index (χ3n) is 5.76. The van der Waals surface area contributed by atoms with Crippen LogP contribution in [-0.2, 0) is 4.74 Å². The van der Waals surface area contributed by atoms with E-state index in [0.29, 0.717) is 5.92 Å². The molecular weight excluding hydrogens is 324 g/mol. The van der Waals surface area contributed by atoms with Crippen LogP contribution in [0.5, 0.6) is 0 Å². The Bertz CT molecular complexity index is 711. The van der Waals surface area contributed by atoms with E-state index in [0.717, 1.165) is 50.4 Å². The molecule has 0 spiro atoms. The fourth-order valence-electron chi connectivity index (χ4n) is 4.37. The summed E-state index contributed by atoms with van der Waals surface area (Å²) in [4.78, 5) is 2.54. The fraction of sp³-hybridized carbons (Fsp3) is 0.571. The van der Waals surface area contributed by atoms with E-state index in [1.54, 1.807) is 0 Å². The molecule has 0 aliphatic carbocycles. The van der Waals surface area contributed by atoms with E-state index in [1.165, 1.54) is 37.1 Å². The van der Waals surface area contributed by atoms with Gasteiger partial charge in [-0.25, -0.2) is 5.01 Å². The lowest BCUT2D eigenvalue weighted by Crippen LogP contribution is -2.32. The molecule has 0 unspecified atom stereocenters. The van der Waals surface area contributed by atoms with Crippen LogP contribution in [0.2, 0.25) is 0 Å². The molecule has 26 heavy (non-hydrogen) atoms. The minimum Gasteiger partial charge on any atom is -0.381 e. The second-order valence-electron chi connectivity index (χ2n) is 7.74. The molecule has 0 radical (unpaired) electrons. The molecule has 4 rings (SSSR count). The molecular formula is C21H28N4O. The molecule has 0 bridgehead atoms. The molecule has 5 nitrogen and oxygen atoms in total. The molecule has 0 aromatic heterocycles. The quantitative estimate of drug-likeness (QED) is 0.833. The summed E-state index contributed by atoms with van der Waals surface area (Å²) in [6, 6.07) is 8.68. The molecule has 2 saturated heterocycles. The fourth-order valence-corrected chi connectivity index (χ4v) is 4.37. The smallest absolute Gasteiger partial charge is 0.0992 e. The Hall–Kier alpha value is -1.87. The van der Waals surface area contributed by atoms with Gasteiger partial charge in [0.05, 0.1) is 17.3 Å². The van der Waals surface area contributed by atoms with E-state index in [-0.39, 0.29) is 0 Å². The van der Waals surface area contributed by atoms with E-state index in [2.05, 4.69) is 46.4 Å². The number of likely N-dealkylation sites (N-methyl/N-ethyl adjacent to an activating group) is 1. The summed E-state index contributed by atoms with van der Waals surface area (Å²) in [5.41, 5.74) is 4.57. The highest BCUT2D eigenvalue weighted by atomic mass is 16.5. The predicted molar refractivity (Wildman–Crippen MR) is 103 cm³/mol. The van der Waals surface area contributed by atoms with Crippen molar-refractivity contribution in [2.24, 2.45) is 0 Å². The zero-order valence-corrected chi connectivity index (χ0v) is 15.7. The third-order valence-corrected chi connectivity index (χ3v) is 5.76. The molecule has 0 atom stereocenters.